The molecule has 0 amide bonds. The average molecular weight is 519 g/mol. The van der Waals surface area contributed by atoms with Crippen molar-refractivity contribution in [3.8, 4) is 33.4 Å². The van der Waals surface area contributed by atoms with Crippen LogP contribution >= 0.6 is 7.14 Å². The molecule has 0 unspecified atom stereocenters. The Morgan fingerprint density at radius 3 is 1.54 bits per heavy atom. The normalized spacial score (nSPS) is 14.2. The molecule has 2 heteroatoms. The molecule has 0 atom stereocenters. The van der Waals surface area contributed by atoms with E-state index in [1.165, 1.54) is 60.8 Å². The molecule has 0 radical (unpaired) electrons. The molecule has 0 bridgehead atoms. The van der Waals surface area contributed by atoms with Gasteiger partial charge in [-0.1, -0.05) is 109 Å². The highest BCUT2D eigenvalue weighted by molar-refractivity contribution is 7.70. The van der Waals surface area contributed by atoms with E-state index in [0.29, 0.717) is 0 Å². The van der Waals surface area contributed by atoms with Gasteiger partial charge in [0.15, 0.2) is 0 Å². The predicted octanol–water partition coefficient (Wildman–Crippen LogP) is 9.10. The Labute approximate surface area is 229 Å². The topological polar surface area (TPSA) is 17.1 Å². The average Bonchev–Trinajstić information content (AvgIpc) is 3.42. The van der Waals surface area contributed by atoms with Gasteiger partial charge in [0, 0.05) is 5.30 Å². The molecule has 6 aromatic rings. The number of benzene rings is 6. The van der Waals surface area contributed by atoms with E-state index in [4.69, 9.17) is 0 Å². The molecule has 39 heavy (non-hydrogen) atoms. The van der Waals surface area contributed by atoms with Gasteiger partial charge < -0.3 is 4.57 Å². The number of rotatable bonds is 2. The summed E-state index contributed by atoms with van der Waals surface area (Å²) < 4.78 is 12.5. The Kier molecular flexibility index (Phi) is 4.62. The van der Waals surface area contributed by atoms with Crippen molar-refractivity contribution < 1.29 is 4.57 Å². The Balaban J connectivity index is 1.40. The summed E-state index contributed by atoms with van der Waals surface area (Å²) >= 11 is 0. The van der Waals surface area contributed by atoms with Gasteiger partial charge in [0.25, 0.3) is 0 Å². The third-order valence-corrected chi connectivity index (χ3v) is 10.3. The summed E-state index contributed by atoms with van der Waals surface area (Å²) in [4.78, 5) is 0. The molecular weight excluding hydrogens is 491 g/mol. The summed E-state index contributed by atoms with van der Waals surface area (Å²) in [5.41, 5.74) is 12.8. The van der Waals surface area contributed by atoms with Crippen LogP contribution in [0, 0.1) is 0 Å². The van der Waals surface area contributed by atoms with E-state index < -0.39 is 7.14 Å². The van der Waals surface area contributed by atoms with Crippen LogP contribution < -0.4 is 5.30 Å². The van der Waals surface area contributed by atoms with Crippen molar-refractivity contribution in [1.29, 1.82) is 0 Å². The third kappa shape index (κ3) is 3.06. The second-order valence-electron chi connectivity index (χ2n) is 11.2. The van der Waals surface area contributed by atoms with Crippen LogP contribution in [0.3, 0.4) is 0 Å². The first-order valence-electron chi connectivity index (χ1n) is 13.5. The number of hydrogen-bond acceptors (Lipinski definition) is 1. The van der Waals surface area contributed by atoms with Gasteiger partial charge in [-0.3, -0.25) is 0 Å². The summed E-state index contributed by atoms with van der Waals surface area (Å²) in [6.45, 7) is 3.65. The van der Waals surface area contributed by atoms with Crippen molar-refractivity contribution in [3.05, 3.63) is 150 Å². The van der Waals surface area contributed by atoms with Gasteiger partial charge in [-0.2, -0.15) is 0 Å². The standard InChI is InChI=1S/C37H27OP/c1-39(2,38)28-19-17-24(18-20-28)25-15-16-26-22-32-31-11-5-8-14-35(31)37(36(32)23-27(26)21-25)33-12-6-3-9-29(33)30-10-4-7-13-34(30)37/h3-23H,1-2H3. The maximum atomic E-state index is 12.5. The zero-order valence-corrected chi connectivity index (χ0v) is 22.9. The first kappa shape index (κ1) is 22.8. The molecule has 0 N–H and O–H groups in total. The van der Waals surface area contributed by atoms with Crippen LogP contribution in [0.5, 0.6) is 0 Å². The van der Waals surface area contributed by atoms with Crippen LogP contribution in [0.15, 0.2) is 127 Å². The van der Waals surface area contributed by atoms with Crippen LogP contribution in [-0.4, -0.2) is 13.3 Å². The lowest BCUT2D eigenvalue weighted by Crippen LogP contribution is -2.25. The van der Waals surface area contributed by atoms with E-state index in [1.807, 2.05) is 25.5 Å². The van der Waals surface area contributed by atoms with E-state index in [-0.39, 0.29) is 5.41 Å². The third-order valence-electron chi connectivity index (χ3n) is 8.78. The van der Waals surface area contributed by atoms with E-state index in [1.54, 1.807) is 0 Å². The summed E-state index contributed by atoms with van der Waals surface area (Å²) in [6, 6.07) is 46.7. The predicted molar refractivity (Wildman–Crippen MR) is 165 cm³/mol. The molecule has 0 fully saturated rings. The molecule has 2 aliphatic carbocycles. The highest BCUT2D eigenvalue weighted by Crippen LogP contribution is 2.63. The van der Waals surface area contributed by atoms with Gasteiger partial charge in [0.05, 0.1) is 5.41 Å². The van der Waals surface area contributed by atoms with Crippen LogP contribution in [0.2, 0.25) is 0 Å². The quantitative estimate of drug-likeness (QED) is 0.209. The van der Waals surface area contributed by atoms with Gasteiger partial charge in [-0.25, -0.2) is 0 Å². The van der Waals surface area contributed by atoms with Crippen molar-refractivity contribution in [2.45, 2.75) is 5.41 Å². The molecule has 6 aromatic carbocycles. The molecule has 0 aromatic heterocycles. The molecule has 0 saturated carbocycles. The van der Waals surface area contributed by atoms with Crippen molar-refractivity contribution >= 4 is 23.2 Å². The minimum absolute atomic E-state index is 0.325. The maximum Gasteiger partial charge on any atom is 0.109 e. The van der Waals surface area contributed by atoms with Gasteiger partial charge in [0.2, 0.25) is 0 Å². The van der Waals surface area contributed by atoms with E-state index in [0.717, 1.165) is 10.9 Å². The van der Waals surface area contributed by atoms with Gasteiger partial charge in [-0.15, -0.1) is 0 Å². The molecule has 1 nitrogen and oxygen atoms in total. The van der Waals surface area contributed by atoms with Crippen LogP contribution in [0.1, 0.15) is 22.3 Å². The van der Waals surface area contributed by atoms with Gasteiger partial charge in [0.1, 0.15) is 7.14 Å². The number of fused-ring (bicyclic) bond motifs is 11. The van der Waals surface area contributed by atoms with Crippen molar-refractivity contribution in [1.82, 2.24) is 0 Å². The molecule has 2 aliphatic rings. The first-order valence-corrected chi connectivity index (χ1v) is 16.1. The van der Waals surface area contributed by atoms with E-state index in [9.17, 15) is 4.57 Å². The molecule has 0 heterocycles. The molecule has 1 spiro atoms. The fraction of sp³-hybridized carbons (Fsp3) is 0.0811. The Hall–Kier alpha value is -4.19. The molecule has 186 valence electrons. The fourth-order valence-corrected chi connectivity index (χ4v) is 7.90. The summed E-state index contributed by atoms with van der Waals surface area (Å²) in [5, 5.41) is 3.40. The maximum absolute atomic E-state index is 12.5. The van der Waals surface area contributed by atoms with Crippen LogP contribution in [-0.2, 0) is 9.98 Å². The number of hydrogen-bond donors (Lipinski definition) is 0. The minimum Gasteiger partial charge on any atom is -0.319 e. The zero-order chi connectivity index (χ0) is 26.4. The second-order valence-corrected chi connectivity index (χ2v) is 14.5. The molecule has 8 rings (SSSR count). The summed E-state index contributed by atoms with van der Waals surface area (Å²) in [5.74, 6) is 0. The van der Waals surface area contributed by atoms with Crippen LogP contribution in [0.4, 0.5) is 0 Å². The van der Waals surface area contributed by atoms with Crippen molar-refractivity contribution in [2.24, 2.45) is 0 Å². The lowest BCUT2D eigenvalue weighted by Gasteiger charge is -2.30. The highest BCUT2D eigenvalue weighted by Gasteiger charge is 2.51. The SMILES string of the molecule is CP(C)(=O)c1ccc(-c2ccc3cc4c(cc3c2)C2(c3ccccc3-c3ccccc32)c2ccccc2-4)cc1. The van der Waals surface area contributed by atoms with E-state index >= 15 is 0 Å². The van der Waals surface area contributed by atoms with Crippen LogP contribution in [0.25, 0.3) is 44.2 Å². The summed E-state index contributed by atoms with van der Waals surface area (Å²) in [7, 11) is -2.28. The molecular formula is C37H27OP. The fourth-order valence-electron chi connectivity index (χ4n) is 7.03. The Morgan fingerprint density at radius 2 is 0.974 bits per heavy atom. The smallest absolute Gasteiger partial charge is 0.109 e. The van der Waals surface area contributed by atoms with E-state index in [2.05, 4.69) is 115 Å². The Bertz CT molecular complexity index is 1960. The minimum atomic E-state index is -2.28. The van der Waals surface area contributed by atoms with Gasteiger partial charge >= 0.3 is 0 Å². The summed E-state index contributed by atoms with van der Waals surface area (Å²) in [6.07, 6.45) is 0. The van der Waals surface area contributed by atoms with Gasteiger partial charge in [-0.05, 0) is 97.9 Å². The van der Waals surface area contributed by atoms with Crippen molar-refractivity contribution in [2.75, 3.05) is 13.3 Å². The first-order chi connectivity index (χ1) is 19.0. The second kappa shape index (κ2) is 7.92. The highest BCUT2D eigenvalue weighted by atomic mass is 31.2. The zero-order valence-electron chi connectivity index (χ0n) is 22.0. The Morgan fingerprint density at radius 1 is 0.462 bits per heavy atom. The molecule has 0 aliphatic heterocycles. The largest absolute Gasteiger partial charge is 0.319 e. The molecule has 0 saturated heterocycles. The lowest BCUT2D eigenvalue weighted by molar-refractivity contribution is 0.588. The monoisotopic (exact) mass is 518 g/mol. The van der Waals surface area contributed by atoms with Crippen molar-refractivity contribution in [3.63, 3.8) is 0 Å². The lowest BCUT2D eigenvalue weighted by atomic mass is 9.70.